The Labute approximate surface area is 99.6 Å². The molecule has 1 nitrogen and oxygen atoms in total. The van der Waals surface area contributed by atoms with E-state index in [9.17, 15) is 0 Å². The summed E-state index contributed by atoms with van der Waals surface area (Å²) in [6.07, 6.45) is 3.46. The van der Waals surface area contributed by atoms with Crippen LogP contribution in [0.5, 0.6) is 0 Å². The number of nitrogens with one attached hydrogen (secondary N) is 1. The molecule has 0 spiro atoms. The highest BCUT2D eigenvalue weighted by molar-refractivity contribution is 5.27. The van der Waals surface area contributed by atoms with Crippen LogP contribution in [-0.2, 0) is 0 Å². The molecule has 1 heteroatoms. The van der Waals surface area contributed by atoms with Gasteiger partial charge < -0.3 is 5.32 Å². The molecule has 0 radical (unpaired) electrons. The Bertz CT molecular complexity index is 331. The molecule has 1 aromatic rings. The van der Waals surface area contributed by atoms with Gasteiger partial charge in [0.2, 0.25) is 0 Å². The SMILES string of the molecule is CCCNC(C=C(C)C)c1ccc(C)cc1. The van der Waals surface area contributed by atoms with Crippen LogP contribution in [0.25, 0.3) is 0 Å². The molecule has 0 saturated heterocycles. The summed E-state index contributed by atoms with van der Waals surface area (Å²) in [7, 11) is 0. The van der Waals surface area contributed by atoms with E-state index >= 15 is 0 Å². The number of benzene rings is 1. The van der Waals surface area contributed by atoms with Crippen LogP contribution >= 0.6 is 0 Å². The molecule has 0 fully saturated rings. The fraction of sp³-hybridized carbons (Fsp3) is 0.467. The molecule has 1 rings (SSSR count). The zero-order valence-electron chi connectivity index (χ0n) is 10.9. The minimum absolute atomic E-state index is 0.352. The molecule has 0 saturated carbocycles. The van der Waals surface area contributed by atoms with Gasteiger partial charge >= 0.3 is 0 Å². The van der Waals surface area contributed by atoms with Crippen LogP contribution in [0.4, 0.5) is 0 Å². The fourth-order valence-electron chi connectivity index (χ4n) is 1.68. The van der Waals surface area contributed by atoms with Crippen LogP contribution in [-0.4, -0.2) is 6.54 Å². The van der Waals surface area contributed by atoms with Crippen molar-refractivity contribution in [1.29, 1.82) is 0 Å². The van der Waals surface area contributed by atoms with Crippen LogP contribution in [0.3, 0.4) is 0 Å². The number of allylic oxidation sites excluding steroid dienone is 1. The first-order chi connectivity index (χ1) is 7.63. The Hall–Kier alpha value is -1.08. The van der Waals surface area contributed by atoms with Gasteiger partial charge in [0.15, 0.2) is 0 Å². The lowest BCUT2D eigenvalue weighted by Crippen LogP contribution is -2.20. The van der Waals surface area contributed by atoms with Crippen molar-refractivity contribution in [3.8, 4) is 0 Å². The Morgan fingerprint density at radius 3 is 2.38 bits per heavy atom. The standard InChI is InChI=1S/C15H23N/c1-5-10-16-15(11-12(2)3)14-8-6-13(4)7-9-14/h6-9,11,15-16H,5,10H2,1-4H3. The first kappa shape index (κ1) is 13.0. The third kappa shape index (κ3) is 4.19. The summed E-state index contributed by atoms with van der Waals surface area (Å²) in [6.45, 7) is 9.67. The van der Waals surface area contributed by atoms with Gasteiger partial charge in [-0.2, -0.15) is 0 Å². The molecule has 88 valence electrons. The van der Waals surface area contributed by atoms with Crippen LogP contribution < -0.4 is 5.32 Å². The minimum Gasteiger partial charge on any atom is -0.307 e. The number of hydrogen-bond donors (Lipinski definition) is 1. The van der Waals surface area contributed by atoms with E-state index in [1.54, 1.807) is 0 Å². The predicted molar refractivity (Wildman–Crippen MR) is 71.6 cm³/mol. The molecule has 1 aromatic carbocycles. The van der Waals surface area contributed by atoms with Crippen molar-refractivity contribution < 1.29 is 0 Å². The molecule has 0 bridgehead atoms. The summed E-state index contributed by atoms with van der Waals surface area (Å²) in [5.74, 6) is 0. The lowest BCUT2D eigenvalue weighted by atomic mass is 10.0. The van der Waals surface area contributed by atoms with Gasteiger partial charge in [0.1, 0.15) is 0 Å². The molecule has 0 aromatic heterocycles. The van der Waals surface area contributed by atoms with Gasteiger partial charge in [0.25, 0.3) is 0 Å². The van der Waals surface area contributed by atoms with Crippen molar-refractivity contribution in [1.82, 2.24) is 5.32 Å². The van der Waals surface area contributed by atoms with Crippen molar-refractivity contribution in [3.05, 3.63) is 47.0 Å². The number of aryl methyl sites for hydroxylation is 1. The summed E-state index contributed by atoms with van der Waals surface area (Å²) in [6, 6.07) is 9.12. The summed E-state index contributed by atoms with van der Waals surface area (Å²) in [5.41, 5.74) is 4.02. The van der Waals surface area contributed by atoms with Crippen LogP contribution in [0, 0.1) is 6.92 Å². The van der Waals surface area contributed by atoms with Gasteiger partial charge in [-0.15, -0.1) is 0 Å². The molecule has 0 aliphatic rings. The Morgan fingerprint density at radius 2 is 1.88 bits per heavy atom. The zero-order chi connectivity index (χ0) is 12.0. The maximum Gasteiger partial charge on any atom is 0.0508 e. The maximum absolute atomic E-state index is 3.56. The van der Waals surface area contributed by atoms with Crippen molar-refractivity contribution in [2.24, 2.45) is 0 Å². The highest BCUT2D eigenvalue weighted by atomic mass is 14.9. The second-order valence-electron chi connectivity index (χ2n) is 4.59. The maximum atomic E-state index is 3.56. The van der Waals surface area contributed by atoms with Gasteiger partial charge in [0, 0.05) is 0 Å². The smallest absolute Gasteiger partial charge is 0.0508 e. The molecule has 16 heavy (non-hydrogen) atoms. The van der Waals surface area contributed by atoms with E-state index in [4.69, 9.17) is 0 Å². The van der Waals surface area contributed by atoms with E-state index in [-0.39, 0.29) is 0 Å². The lowest BCUT2D eigenvalue weighted by Gasteiger charge is -2.16. The van der Waals surface area contributed by atoms with Gasteiger partial charge in [-0.05, 0) is 39.3 Å². The second-order valence-corrected chi connectivity index (χ2v) is 4.59. The number of hydrogen-bond acceptors (Lipinski definition) is 1. The van der Waals surface area contributed by atoms with Crippen LogP contribution in [0.1, 0.15) is 44.4 Å². The van der Waals surface area contributed by atoms with E-state index in [1.165, 1.54) is 23.1 Å². The van der Waals surface area contributed by atoms with Gasteiger partial charge in [-0.25, -0.2) is 0 Å². The minimum atomic E-state index is 0.352. The molecule has 0 aliphatic carbocycles. The van der Waals surface area contributed by atoms with E-state index in [2.05, 4.69) is 63.4 Å². The summed E-state index contributed by atoms with van der Waals surface area (Å²) in [5, 5.41) is 3.56. The normalized spacial score (nSPS) is 12.2. The van der Waals surface area contributed by atoms with Crippen molar-refractivity contribution >= 4 is 0 Å². The molecule has 0 heterocycles. The number of rotatable bonds is 5. The molecular formula is C15H23N. The van der Waals surface area contributed by atoms with Crippen molar-refractivity contribution in [2.45, 2.75) is 40.2 Å². The van der Waals surface area contributed by atoms with Gasteiger partial charge in [-0.3, -0.25) is 0 Å². The molecule has 0 amide bonds. The highest BCUT2D eigenvalue weighted by Crippen LogP contribution is 2.16. The largest absolute Gasteiger partial charge is 0.307 e. The quantitative estimate of drug-likeness (QED) is 0.735. The third-order valence-corrected chi connectivity index (χ3v) is 2.55. The van der Waals surface area contributed by atoms with Gasteiger partial charge in [-0.1, -0.05) is 48.4 Å². The van der Waals surface area contributed by atoms with Crippen LogP contribution in [0.15, 0.2) is 35.9 Å². The Morgan fingerprint density at radius 1 is 1.25 bits per heavy atom. The summed E-state index contributed by atoms with van der Waals surface area (Å²) >= 11 is 0. The molecule has 1 unspecified atom stereocenters. The van der Waals surface area contributed by atoms with Crippen molar-refractivity contribution in [2.75, 3.05) is 6.54 Å². The zero-order valence-corrected chi connectivity index (χ0v) is 10.9. The topological polar surface area (TPSA) is 12.0 Å². The monoisotopic (exact) mass is 217 g/mol. The fourth-order valence-corrected chi connectivity index (χ4v) is 1.68. The molecular weight excluding hydrogens is 194 g/mol. The van der Waals surface area contributed by atoms with Gasteiger partial charge in [0.05, 0.1) is 6.04 Å². The Kier molecular flexibility index (Phi) is 5.27. The van der Waals surface area contributed by atoms with E-state index in [0.29, 0.717) is 6.04 Å². The molecule has 1 atom stereocenters. The Balaban J connectivity index is 2.83. The summed E-state index contributed by atoms with van der Waals surface area (Å²) in [4.78, 5) is 0. The molecule has 1 N–H and O–H groups in total. The first-order valence-electron chi connectivity index (χ1n) is 6.08. The predicted octanol–water partition coefficient (Wildman–Crippen LogP) is 4.00. The summed E-state index contributed by atoms with van der Waals surface area (Å²) < 4.78 is 0. The van der Waals surface area contributed by atoms with E-state index in [0.717, 1.165) is 6.54 Å². The highest BCUT2D eigenvalue weighted by Gasteiger charge is 2.06. The third-order valence-electron chi connectivity index (χ3n) is 2.55. The average molecular weight is 217 g/mol. The van der Waals surface area contributed by atoms with E-state index in [1.807, 2.05) is 0 Å². The molecule has 0 aliphatic heterocycles. The van der Waals surface area contributed by atoms with Crippen LogP contribution in [0.2, 0.25) is 0 Å². The van der Waals surface area contributed by atoms with Crippen molar-refractivity contribution in [3.63, 3.8) is 0 Å². The lowest BCUT2D eigenvalue weighted by molar-refractivity contribution is 0.610. The first-order valence-corrected chi connectivity index (χ1v) is 6.08. The van der Waals surface area contributed by atoms with E-state index < -0.39 is 0 Å². The second kappa shape index (κ2) is 6.49. The average Bonchev–Trinajstić information content (AvgIpc) is 2.25.